The number of halogens is 4. The van der Waals surface area contributed by atoms with Gasteiger partial charge in [0.15, 0.2) is 11.0 Å². The summed E-state index contributed by atoms with van der Waals surface area (Å²) in [4.78, 5) is 0. The van der Waals surface area contributed by atoms with Crippen molar-refractivity contribution in [2.24, 2.45) is 0 Å². The van der Waals surface area contributed by atoms with E-state index in [-0.39, 0.29) is 12.4 Å². The molecule has 0 saturated heterocycles. The Balaban J connectivity index is 1.69. The molecule has 9 heteroatoms. The Morgan fingerprint density at radius 1 is 1.14 bits per heavy atom. The van der Waals surface area contributed by atoms with Crippen LogP contribution >= 0.6 is 27.7 Å². The zero-order valence-corrected chi connectivity index (χ0v) is 17.6. The highest BCUT2D eigenvalue weighted by Crippen LogP contribution is 2.31. The average Bonchev–Trinajstić information content (AvgIpc) is 3.07. The molecule has 4 nitrogen and oxygen atoms in total. The second-order valence-corrected chi connectivity index (χ2v) is 7.89. The van der Waals surface area contributed by atoms with Gasteiger partial charge in [0.1, 0.15) is 12.4 Å². The first kappa shape index (κ1) is 21.4. The zero-order valence-electron chi connectivity index (χ0n) is 15.2. The minimum Gasteiger partial charge on any atom is -0.486 e. The van der Waals surface area contributed by atoms with Crippen LogP contribution in [0.3, 0.4) is 0 Å². The summed E-state index contributed by atoms with van der Waals surface area (Å²) >= 11 is 4.92. The number of ether oxygens (including phenoxy) is 1. The Kier molecular flexibility index (Phi) is 7.02. The molecule has 0 unspecified atom stereocenters. The Morgan fingerprint density at radius 2 is 1.90 bits per heavy atom. The zero-order chi connectivity index (χ0) is 20.9. The van der Waals surface area contributed by atoms with Gasteiger partial charge in [0.25, 0.3) is 0 Å². The molecule has 0 spiro atoms. The molecule has 29 heavy (non-hydrogen) atoms. The van der Waals surface area contributed by atoms with Crippen molar-refractivity contribution in [3.8, 4) is 5.75 Å². The molecule has 0 atom stereocenters. The third-order valence-corrected chi connectivity index (χ3v) is 5.48. The second-order valence-electron chi connectivity index (χ2n) is 6.03. The highest BCUT2D eigenvalue weighted by Gasteiger charge is 2.30. The Labute approximate surface area is 178 Å². The summed E-state index contributed by atoms with van der Waals surface area (Å²) in [6.45, 7) is 4.22. The SMILES string of the molecule is C=CCn1c(COc2cccc(C(F)(F)F)c2)nnc1SCc1ccc(Br)cc1. The number of alkyl halides is 3. The highest BCUT2D eigenvalue weighted by atomic mass is 79.9. The highest BCUT2D eigenvalue weighted by molar-refractivity contribution is 9.10. The van der Waals surface area contributed by atoms with Crippen LogP contribution in [0.5, 0.6) is 5.75 Å². The van der Waals surface area contributed by atoms with Gasteiger partial charge < -0.3 is 4.74 Å². The summed E-state index contributed by atoms with van der Waals surface area (Å²) in [5, 5.41) is 9.02. The van der Waals surface area contributed by atoms with Crippen LogP contribution in [0.4, 0.5) is 13.2 Å². The summed E-state index contributed by atoms with van der Waals surface area (Å²) in [7, 11) is 0. The third kappa shape index (κ3) is 5.86. The normalized spacial score (nSPS) is 11.4. The van der Waals surface area contributed by atoms with Crippen molar-refractivity contribution < 1.29 is 17.9 Å². The van der Waals surface area contributed by atoms with Gasteiger partial charge >= 0.3 is 6.18 Å². The smallest absolute Gasteiger partial charge is 0.416 e. The maximum absolute atomic E-state index is 12.8. The Hall–Kier alpha value is -2.26. The Morgan fingerprint density at radius 3 is 2.59 bits per heavy atom. The van der Waals surface area contributed by atoms with Gasteiger partial charge in [0, 0.05) is 16.8 Å². The van der Waals surface area contributed by atoms with Crippen molar-refractivity contribution in [3.05, 3.63) is 82.6 Å². The standard InChI is InChI=1S/C20H17BrF3N3OS/c1-2-10-27-18(12-28-17-5-3-4-15(11-17)20(22,23)24)25-26-19(27)29-13-14-6-8-16(21)9-7-14/h2-9,11H,1,10,12-13H2. The summed E-state index contributed by atoms with van der Waals surface area (Å²) in [5.74, 6) is 1.34. The lowest BCUT2D eigenvalue weighted by Crippen LogP contribution is -2.08. The molecule has 0 fully saturated rings. The van der Waals surface area contributed by atoms with Crippen molar-refractivity contribution >= 4 is 27.7 Å². The van der Waals surface area contributed by atoms with Crippen LogP contribution < -0.4 is 4.74 Å². The van der Waals surface area contributed by atoms with Crippen LogP contribution in [0.15, 0.2) is 70.8 Å². The topological polar surface area (TPSA) is 39.9 Å². The number of rotatable bonds is 8. The third-order valence-electron chi connectivity index (χ3n) is 3.92. The van der Waals surface area contributed by atoms with Gasteiger partial charge in [-0.1, -0.05) is 52.0 Å². The molecule has 0 N–H and O–H groups in total. The van der Waals surface area contributed by atoms with E-state index >= 15 is 0 Å². The second kappa shape index (κ2) is 9.49. The van der Waals surface area contributed by atoms with Crippen LogP contribution in [-0.2, 0) is 25.1 Å². The molecule has 1 aromatic heterocycles. The minimum absolute atomic E-state index is 0.000986. The van der Waals surface area contributed by atoms with Crippen molar-refractivity contribution in [1.29, 1.82) is 0 Å². The molecule has 0 radical (unpaired) electrons. The number of hydrogen-bond acceptors (Lipinski definition) is 4. The molecule has 0 aliphatic carbocycles. The molecule has 0 amide bonds. The predicted molar refractivity (Wildman–Crippen MR) is 110 cm³/mol. The van der Waals surface area contributed by atoms with Crippen LogP contribution in [-0.4, -0.2) is 14.8 Å². The van der Waals surface area contributed by atoms with Crippen LogP contribution in [0.1, 0.15) is 17.0 Å². The molecule has 3 rings (SSSR count). The first-order valence-electron chi connectivity index (χ1n) is 8.57. The number of aromatic nitrogens is 3. The van der Waals surface area contributed by atoms with E-state index in [1.54, 1.807) is 6.08 Å². The largest absolute Gasteiger partial charge is 0.486 e. The van der Waals surface area contributed by atoms with Gasteiger partial charge in [0.05, 0.1) is 5.56 Å². The molecule has 152 valence electrons. The van der Waals surface area contributed by atoms with E-state index < -0.39 is 11.7 Å². The number of thioether (sulfide) groups is 1. The van der Waals surface area contributed by atoms with E-state index in [0.29, 0.717) is 23.3 Å². The summed E-state index contributed by atoms with van der Waals surface area (Å²) in [5.41, 5.74) is 0.376. The first-order valence-corrected chi connectivity index (χ1v) is 10.3. The number of hydrogen-bond donors (Lipinski definition) is 0. The van der Waals surface area contributed by atoms with E-state index in [0.717, 1.165) is 22.2 Å². The first-order chi connectivity index (χ1) is 13.9. The van der Waals surface area contributed by atoms with E-state index in [9.17, 15) is 13.2 Å². The summed E-state index contributed by atoms with van der Waals surface area (Å²) < 4.78 is 46.9. The number of nitrogens with zero attached hydrogens (tertiary/aromatic N) is 3. The minimum atomic E-state index is -4.42. The predicted octanol–water partition coefficient (Wildman–Crippen LogP) is 6.12. The van der Waals surface area contributed by atoms with E-state index in [1.807, 2.05) is 28.8 Å². The van der Waals surface area contributed by atoms with Crippen molar-refractivity contribution in [2.45, 2.75) is 30.2 Å². The lowest BCUT2D eigenvalue weighted by Gasteiger charge is -2.11. The van der Waals surface area contributed by atoms with Gasteiger partial charge in [-0.2, -0.15) is 13.2 Å². The van der Waals surface area contributed by atoms with Gasteiger partial charge in [0.2, 0.25) is 0 Å². The van der Waals surface area contributed by atoms with Gasteiger partial charge in [-0.25, -0.2) is 0 Å². The molecule has 0 aliphatic rings. The quantitative estimate of drug-likeness (QED) is 0.286. The van der Waals surface area contributed by atoms with Crippen molar-refractivity contribution in [3.63, 3.8) is 0 Å². The maximum atomic E-state index is 12.8. The van der Waals surface area contributed by atoms with E-state index in [4.69, 9.17) is 4.74 Å². The van der Waals surface area contributed by atoms with Gasteiger partial charge in [-0.05, 0) is 35.9 Å². The lowest BCUT2D eigenvalue weighted by molar-refractivity contribution is -0.137. The van der Waals surface area contributed by atoms with Gasteiger partial charge in [-0.3, -0.25) is 4.57 Å². The van der Waals surface area contributed by atoms with Crippen LogP contribution in [0, 0.1) is 0 Å². The van der Waals surface area contributed by atoms with Crippen molar-refractivity contribution in [2.75, 3.05) is 0 Å². The molecule has 3 aromatic rings. The number of allylic oxidation sites excluding steroid dienone is 1. The molecule has 0 aliphatic heterocycles. The maximum Gasteiger partial charge on any atom is 0.416 e. The fraction of sp³-hybridized carbons (Fsp3) is 0.200. The molecule has 0 bridgehead atoms. The molecular formula is C20H17BrF3N3OS. The molecular weight excluding hydrogens is 467 g/mol. The molecule has 0 saturated carbocycles. The van der Waals surface area contributed by atoms with Crippen molar-refractivity contribution in [1.82, 2.24) is 14.8 Å². The lowest BCUT2D eigenvalue weighted by atomic mass is 10.2. The molecule has 2 aromatic carbocycles. The number of benzene rings is 2. The van der Waals surface area contributed by atoms with E-state index in [1.165, 1.54) is 23.9 Å². The van der Waals surface area contributed by atoms with Crippen LogP contribution in [0.25, 0.3) is 0 Å². The van der Waals surface area contributed by atoms with Gasteiger partial charge in [-0.15, -0.1) is 16.8 Å². The fourth-order valence-corrected chi connectivity index (χ4v) is 3.67. The Bertz CT molecular complexity index is 974. The van der Waals surface area contributed by atoms with E-state index in [2.05, 4.69) is 32.7 Å². The monoisotopic (exact) mass is 483 g/mol. The van der Waals surface area contributed by atoms with Crippen LogP contribution in [0.2, 0.25) is 0 Å². The fourth-order valence-electron chi connectivity index (χ4n) is 2.48. The summed E-state index contributed by atoms with van der Waals surface area (Å²) in [6.07, 6.45) is -2.71. The average molecular weight is 484 g/mol. The molecule has 1 heterocycles. The summed E-state index contributed by atoms with van der Waals surface area (Å²) in [6, 6.07) is 12.7.